The highest BCUT2D eigenvalue weighted by Crippen LogP contribution is 2.30. The fourth-order valence-corrected chi connectivity index (χ4v) is 2.68. The van der Waals surface area contributed by atoms with Crippen LogP contribution < -0.4 is 4.90 Å². The zero-order valence-corrected chi connectivity index (χ0v) is 12.2. The van der Waals surface area contributed by atoms with Crippen molar-refractivity contribution in [1.29, 1.82) is 0 Å². The molecule has 0 radical (unpaired) electrons. The van der Waals surface area contributed by atoms with Gasteiger partial charge in [-0.05, 0) is 24.6 Å². The van der Waals surface area contributed by atoms with E-state index in [1.165, 1.54) is 19.2 Å². The minimum Gasteiger partial charge on any atom is -0.465 e. The maximum Gasteiger partial charge on any atom is 0.340 e. The molecule has 0 bridgehead atoms. The fourth-order valence-electron chi connectivity index (χ4n) is 2.12. The average molecular weight is 330 g/mol. The number of nitrogens with zero attached hydrogens (tertiary/aromatic N) is 1. The van der Waals surface area contributed by atoms with Gasteiger partial charge in [0.15, 0.2) is 0 Å². The van der Waals surface area contributed by atoms with Crippen LogP contribution in [0.5, 0.6) is 0 Å². The summed E-state index contributed by atoms with van der Waals surface area (Å²) in [5, 5.41) is 0. The van der Waals surface area contributed by atoms with Gasteiger partial charge in [0.2, 0.25) is 5.91 Å². The largest absolute Gasteiger partial charge is 0.465 e. The average Bonchev–Trinajstić information content (AvgIpc) is 2.67. The molecule has 1 fully saturated rings. The van der Waals surface area contributed by atoms with Crippen molar-refractivity contribution in [3.05, 3.63) is 29.1 Å². The number of hydrogen-bond acceptors (Lipinski definition) is 3. The first-order chi connectivity index (χ1) is 8.93. The van der Waals surface area contributed by atoms with Crippen LogP contribution in [0.2, 0.25) is 0 Å². The number of halogens is 2. The number of alkyl halides is 1. The molecule has 1 amide bonds. The summed E-state index contributed by atoms with van der Waals surface area (Å²) >= 11 is 3.39. The highest BCUT2D eigenvalue weighted by atomic mass is 79.9. The number of carbonyl (C=O) groups is 2. The summed E-state index contributed by atoms with van der Waals surface area (Å²) in [6, 6.07) is 2.62. The second-order valence-corrected chi connectivity index (χ2v) is 5.71. The Balaban J connectivity index is 2.46. The van der Waals surface area contributed by atoms with Crippen LogP contribution in [0.15, 0.2) is 12.1 Å². The molecule has 1 heterocycles. The zero-order valence-electron chi connectivity index (χ0n) is 10.6. The first-order valence-corrected chi connectivity index (χ1v) is 6.68. The van der Waals surface area contributed by atoms with Gasteiger partial charge in [-0.2, -0.15) is 0 Å². The molecule has 1 aromatic rings. The Morgan fingerprint density at radius 1 is 1.53 bits per heavy atom. The molecule has 0 aliphatic carbocycles. The van der Waals surface area contributed by atoms with Crippen molar-refractivity contribution in [1.82, 2.24) is 0 Å². The molecule has 1 saturated heterocycles. The van der Waals surface area contributed by atoms with Gasteiger partial charge in [-0.3, -0.25) is 4.79 Å². The second kappa shape index (κ2) is 5.28. The van der Waals surface area contributed by atoms with Crippen LogP contribution in [0.4, 0.5) is 10.1 Å². The normalized spacial score (nSPS) is 18.8. The number of carbonyl (C=O) groups excluding carboxylic acids is 2. The van der Waals surface area contributed by atoms with Gasteiger partial charge in [0, 0.05) is 23.5 Å². The number of aryl methyl sites for hydroxylation is 1. The summed E-state index contributed by atoms with van der Waals surface area (Å²) in [6.07, 6.45) is 0.393. The van der Waals surface area contributed by atoms with Crippen molar-refractivity contribution < 1.29 is 18.7 Å². The fraction of sp³-hybridized carbons (Fsp3) is 0.385. The van der Waals surface area contributed by atoms with E-state index in [0.717, 1.165) is 0 Å². The van der Waals surface area contributed by atoms with Gasteiger partial charge < -0.3 is 9.64 Å². The summed E-state index contributed by atoms with van der Waals surface area (Å²) in [6.45, 7) is 2.21. The number of hydrogen-bond donors (Lipinski definition) is 0. The Morgan fingerprint density at radius 2 is 2.21 bits per heavy atom. The van der Waals surface area contributed by atoms with E-state index in [1.807, 2.05) is 0 Å². The third-order valence-electron chi connectivity index (χ3n) is 3.06. The molecule has 4 nitrogen and oxygen atoms in total. The molecule has 0 N–H and O–H groups in total. The summed E-state index contributed by atoms with van der Waals surface area (Å²) < 4.78 is 18.2. The van der Waals surface area contributed by atoms with Gasteiger partial charge in [-0.15, -0.1) is 0 Å². The van der Waals surface area contributed by atoms with Gasteiger partial charge in [0.05, 0.1) is 12.7 Å². The van der Waals surface area contributed by atoms with E-state index in [2.05, 4.69) is 20.7 Å². The minimum absolute atomic E-state index is 0.0487. The van der Waals surface area contributed by atoms with Crippen LogP contribution in [-0.4, -0.2) is 30.4 Å². The summed E-state index contributed by atoms with van der Waals surface area (Å²) in [5.74, 6) is -1.44. The van der Waals surface area contributed by atoms with E-state index >= 15 is 0 Å². The van der Waals surface area contributed by atoms with Crippen molar-refractivity contribution in [2.45, 2.75) is 18.2 Å². The Bertz CT molecular complexity index is 547. The van der Waals surface area contributed by atoms with E-state index in [-0.39, 0.29) is 16.3 Å². The van der Waals surface area contributed by atoms with Gasteiger partial charge in [0.1, 0.15) is 5.82 Å². The van der Waals surface area contributed by atoms with Crippen molar-refractivity contribution in [2.24, 2.45) is 0 Å². The molecular formula is C13H13BrFNO3. The van der Waals surface area contributed by atoms with E-state index in [1.54, 1.807) is 11.8 Å². The van der Waals surface area contributed by atoms with Gasteiger partial charge >= 0.3 is 5.97 Å². The SMILES string of the molecule is COC(=O)c1cc(N2CC(Br)CC2=O)c(C)cc1F. The Labute approximate surface area is 118 Å². The zero-order chi connectivity index (χ0) is 14.2. The summed E-state index contributed by atoms with van der Waals surface area (Å²) in [4.78, 5) is 25.0. The molecule has 6 heteroatoms. The lowest BCUT2D eigenvalue weighted by Crippen LogP contribution is -2.26. The van der Waals surface area contributed by atoms with Crippen LogP contribution >= 0.6 is 15.9 Å². The molecule has 2 rings (SSSR count). The predicted molar refractivity (Wildman–Crippen MR) is 72.2 cm³/mol. The van der Waals surface area contributed by atoms with E-state index in [9.17, 15) is 14.0 Å². The molecule has 1 aromatic carbocycles. The highest BCUT2D eigenvalue weighted by molar-refractivity contribution is 9.09. The molecule has 19 heavy (non-hydrogen) atoms. The molecule has 0 saturated carbocycles. The number of benzene rings is 1. The third kappa shape index (κ3) is 2.63. The minimum atomic E-state index is -0.749. The monoisotopic (exact) mass is 329 g/mol. The van der Waals surface area contributed by atoms with E-state index in [4.69, 9.17) is 0 Å². The van der Waals surface area contributed by atoms with Crippen molar-refractivity contribution in [2.75, 3.05) is 18.6 Å². The highest BCUT2D eigenvalue weighted by Gasteiger charge is 2.30. The first-order valence-electron chi connectivity index (χ1n) is 5.77. The number of rotatable bonds is 2. The maximum absolute atomic E-state index is 13.7. The lowest BCUT2D eigenvalue weighted by molar-refractivity contribution is -0.117. The van der Waals surface area contributed by atoms with E-state index < -0.39 is 11.8 Å². The Hall–Kier alpha value is -1.43. The van der Waals surface area contributed by atoms with Crippen LogP contribution in [0.3, 0.4) is 0 Å². The topological polar surface area (TPSA) is 46.6 Å². The Kier molecular flexibility index (Phi) is 3.89. The van der Waals surface area contributed by atoms with Gasteiger partial charge in [-0.1, -0.05) is 15.9 Å². The molecule has 1 aliphatic heterocycles. The molecule has 0 spiro atoms. The molecule has 0 aromatic heterocycles. The molecule has 102 valence electrons. The van der Waals surface area contributed by atoms with Crippen molar-refractivity contribution in [3.8, 4) is 0 Å². The quantitative estimate of drug-likeness (QED) is 0.618. The third-order valence-corrected chi connectivity index (χ3v) is 3.67. The van der Waals surface area contributed by atoms with Crippen molar-refractivity contribution in [3.63, 3.8) is 0 Å². The van der Waals surface area contributed by atoms with Crippen LogP contribution in [-0.2, 0) is 9.53 Å². The number of esters is 1. The van der Waals surface area contributed by atoms with Crippen LogP contribution in [0, 0.1) is 12.7 Å². The maximum atomic E-state index is 13.7. The first kappa shape index (κ1) is 14.0. The van der Waals surface area contributed by atoms with Crippen LogP contribution in [0.1, 0.15) is 22.3 Å². The predicted octanol–water partition coefficient (Wildman–Crippen LogP) is 2.42. The standard InChI is InChI=1S/C13H13BrFNO3/c1-7-3-10(15)9(13(18)19-2)5-11(7)16-6-8(14)4-12(16)17/h3,5,8H,4,6H2,1-2H3. The number of ether oxygens (including phenoxy) is 1. The molecule has 1 atom stereocenters. The number of anilines is 1. The Morgan fingerprint density at radius 3 is 2.74 bits per heavy atom. The lowest BCUT2D eigenvalue weighted by Gasteiger charge is -2.19. The summed E-state index contributed by atoms with van der Waals surface area (Å²) in [7, 11) is 1.19. The molecule has 1 unspecified atom stereocenters. The van der Waals surface area contributed by atoms with Crippen LogP contribution in [0.25, 0.3) is 0 Å². The number of amides is 1. The number of methoxy groups -OCH3 is 1. The smallest absolute Gasteiger partial charge is 0.340 e. The van der Waals surface area contributed by atoms with Gasteiger partial charge in [-0.25, -0.2) is 9.18 Å². The second-order valence-electron chi connectivity index (χ2n) is 4.42. The van der Waals surface area contributed by atoms with Gasteiger partial charge in [0.25, 0.3) is 0 Å². The van der Waals surface area contributed by atoms with Crippen molar-refractivity contribution >= 4 is 33.5 Å². The van der Waals surface area contributed by atoms with E-state index in [0.29, 0.717) is 24.2 Å². The molecular weight excluding hydrogens is 317 g/mol. The lowest BCUT2D eigenvalue weighted by atomic mass is 10.1. The summed E-state index contributed by atoms with van der Waals surface area (Å²) in [5.41, 5.74) is 1.00. The molecule has 1 aliphatic rings.